The highest BCUT2D eigenvalue weighted by Gasteiger charge is 2.32. The van der Waals surface area contributed by atoms with Crippen LogP contribution in [-0.2, 0) is 14.3 Å². The maximum atomic E-state index is 12.0. The fraction of sp³-hybridized carbons (Fsp3) is 0.923. The van der Waals surface area contributed by atoms with E-state index in [1.165, 1.54) is 0 Å². The first-order valence-electron chi connectivity index (χ1n) is 6.71. The number of likely N-dealkylation sites (N-methyl/N-ethyl adjacent to an activating group) is 1. The minimum atomic E-state index is 0.0133. The summed E-state index contributed by atoms with van der Waals surface area (Å²) in [5.41, 5.74) is 0. The molecule has 1 amide bonds. The topological polar surface area (TPSA) is 62.2 Å². The molecule has 0 saturated carbocycles. The van der Waals surface area contributed by atoms with E-state index in [0.717, 1.165) is 6.42 Å². The van der Waals surface area contributed by atoms with E-state index in [-0.39, 0.29) is 31.1 Å². The van der Waals surface area contributed by atoms with Gasteiger partial charge < -0.3 is 24.4 Å². The molecule has 2 atom stereocenters. The van der Waals surface area contributed by atoms with E-state index >= 15 is 0 Å². The Hall–Kier alpha value is -0.690. The van der Waals surface area contributed by atoms with Gasteiger partial charge in [0.1, 0.15) is 6.61 Å². The van der Waals surface area contributed by atoms with Crippen LogP contribution in [0.25, 0.3) is 0 Å². The second kappa shape index (κ2) is 8.47. The summed E-state index contributed by atoms with van der Waals surface area (Å²) >= 11 is 0. The lowest BCUT2D eigenvalue weighted by Crippen LogP contribution is -2.53. The van der Waals surface area contributed by atoms with Gasteiger partial charge >= 0.3 is 0 Å². The molecule has 19 heavy (non-hydrogen) atoms. The monoisotopic (exact) mass is 274 g/mol. The minimum absolute atomic E-state index is 0.0133. The fourth-order valence-electron chi connectivity index (χ4n) is 2.40. The van der Waals surface area contributed by atoms with Crippen LogP contribution in [0.2, 0.25) is 0 Å². The molecule has 0 unspecified atom stereocenters. The quantitative estimate of drug-likeness (QED) is 0.629. The summed E-state index contributed by atoms with van der Waals surface area (Å²) in [4.78, 5) is 15.9. The number of methoxy groups -OCH3 is 1. The number of nitrogens with zero attached hydrogens (tertiary/aromatic N) is 2. The van der Waals surface area contributed by atoms with Crippen molar-refractivity contribution in [3.8, 4) is 0 Å². The number of carbonyl (C=O) groups is 1. The Bertz CT molecular complexity index is 273. The molecule has 6 nitrogen and oxygen atoms in total. The highest BCUT2D eigenvalue weighted by Crippen LogP contribution is 2.20. The van der Waals surface area contributed by atoms with Crippen LogP contribution in [0.3, 0.4) is 0 Å². The number of ether oxygens (including phenoxy) is 2. The molecule has 1 heterocycles. The number of rotatable bonds is 7. The zero-order chi connectivity index (χ0) is 14.3. The van der Waals surface area contributed by atoms with E-state index in [4.69, 9.17) is 9.47 Å². The van der Waals surface area contributed by atoms with Crippen molar-refractivity contribution in [1.29, 1.82) is 0 Å². The Balaban J connectivity index is 2.40. The van der Waals surface area contributed by atoms with Crippen LogP contribution < -0.4 is 0 Å². The first kappa shape index (κ1) is 16.4. The standard InChI is InChI=1S/C13H26N2O4/c1-14(2)12-8-15(5-4-11(12)9-16)13(17)10-19-7-6-18-3/h11-12,16H,4-10H2,1-3H3/t11-,12-/m1/s1. The predicted molar refractivity (Wildman–Crippen MR) is 71.9 cm³/mol. The molecule has 1 saturated heterocycles. The number of likely N-dealkylation sites (tertiary alicyclic amines) is 1. The maximum absolute atomic E-state index is 12.0. The molecule has 1 aliphatic rings. The Labute approximate surface area is 115 Å². The lowest BCUT2D eigenvalue weighted by molar-refractivity contribution is -0.139. The van der Waals surface area contributed by atoms with E-state index in [1.807, 2.05) is 19.0 Å². The first-order chi connectivity index (χ1) is 9.10. The number of hydrogen-bond acceptors (Lipinski definition) is 5. The predicted octanol–water partition coefficient (Wildman–Crippen LogP) is -0.580. The third-order valence-corrected chi connectivity index (χ3v) is 3.63. The molecule has 0 aromatic rings. The van der Waals surface area contributed by atoms with Gasteiger partial charge in [-0.25, -0.2) is 0 Å². The van der Waals surface area contributed by atoms with Gasteiger partial charge in [-0.15, -0.1) is 0 Å². The smallest absolute Gasteiger partial charge is 0.248 e. The molecule has 0 bridgehead atoms. The van der Waals surface area contributed by atoms with Crippen molar-refractivity contribution < 1.29 is 19.4 Å². The molecule has 112 valence electrons. The van der Waals surface area contributed by atoms with Gasteiger partial charge in [-0.3, -0.25) is 4.79 Å². The number of aliphatic hydroxyl groups excluding tert-OH is 1. The van der Waals surface area contributed by atoms with Crippen LogP contribution in [0, 0.1) is 5.92 Å². The zero-order valence-corrected chi connectivity index (χ0v) is 12.2. The number of piperidine rings is 1. The molecule has 0 aliphatic carbocycles. The summed E-state index contributed by atoms with van der Waals surface area (Å²) in [6, 6.07) is 0.210. The van der Waals surface area contributed by atoms with Gasteiger partial charge in [0, 0.05) is 38.8 Å². The lowest BCUT2D eigenvalue weighted by Gasteiger charge is -2.41. The lowest BCUT2D eigenvalue weighted by atomic mass is 9.91. The average Bonchev–Trinajstić information content (AvgIpc) is 2.42. The van der Waals surface area contributed by atoms with Crippen molar-refractivity contribution in [3.63, 3.8) is 0 Å². The maximum Gasteiger partial charge on any atom is 0.248 e. The minimum Gasteiger partial charge on any atom is -0.396 e. The summed E-state index contributed by atoms with van der Waals surface area (Å²) in [5.74, 6) is 0.257. The van der Waals surface area contributed by atoms with Crippen molar-refractivity contribution in [2.45, 2.75) is 12.5 Å². The Morgan fingerprint density at radius 1 is 1.42 bits per heavy atom. The highest BCUT2D eigenvalue weighted by molar-refractivity contribution is 5.77. The summed E-state index contributed by atoms with van der Waals surface area (Å²) < 4.78 is 10.1. The van der Waals surface area contributed by atoms with Gasteiger partial charge in [0.15, 0.2) is 0 Å². The Morgan fingerprint density at radius 3 is 2.74 bits per heavy atom. The molecule has 0 spiro atoms. The van der Waals surface area contributed by atoms with Gasteiger partial charge in [0.05, 0.1) is 13.2 Å². The van der Waals surface area contributed by atoms with Crippen LogP contribution >= 0.6 is 0 Å². The normalized spacial score (nSPS) is 23.9. The summed E-state index contributed by atoms with van der Waals surface area (Å²) in [5, 5.41) is 9.37. The van der Waals surface area contributed by atoms with Crippen LogP contribution in [0.5, 0.6) is 0 Å². The number of amides is 1. The molecule has 1 N–H and O–H groups in total. The van der Waals surface area contributed by atoms with Crippen molar-refractivity contribution in [1.82, 2.24) is 9.80 Å². The van der Waals surface area contributed by atoms with Gasteiger partial charge in [-0.05, 0) is 20.5 Å². The van der Waals surface area contributed by atoms with Gasteiger partial charge in [0.2, 0.25) is 5.91 Å². The summed E-state index contributed by atoms with van der Waals surface area (Å²) in [6.45, 7) is 2.57. The second-order valence-corrected chi connectivity index (χ2v) is 5.15. The molecule has 1 aliphatic heterocycles. The summed E-state index contributed by atoms with van der Waals surface area (Å²) in [7, 11) is 5.57. The van der Waals surface area contributed by atoms with Crippen LogP contribution in [0.15, 0.2) is 0 Å². The van der Waals surface area contributed by atoms with E-state index in [9.17, 15) is 9.90 Å². The zero-order valence-electron chi connectivity index (χ0n) is 12.2. The molecule has 1 rings (SSSR count). The van der Waals surface area contributed by atoms with E-state index < -0.39 is 0 Å². The number of aliphatic hydroxyl groups is 1. The van der Waals surface area contributed by atoms with Gasteiger partial charge in [-0.1, -0.05) is 0 Å². The molecule has 0 radical (unpaired) electrons. The van der Waals surface area contributed by atoms with Crippen molar-refractivity contribution in [3.05, 3.63) is 0 Å². The number of carbonyl (C=O) groups excluding carboxylic acids is 1. The SMILES string of the molecule is COCCOCC(=O)N1CC[C@H](CO)[C@H](N(C)C)C1. The highest BCUT2D eigenvalue weighted by atomic mass is 16.5. The molecular formula is C13H26N2O4. The molecule has 6 heteroatoms. The number of hydrogen-bond donors (Lipinski definition) is 1. The van der Waals surface area contributed by atoms with Crippen molar-refractivity contribution in [2.75, 3.05) is 60.7 Å². The van der Waals surface area contributed by atoms with Crippen LogP contribution in [0.4, 0.5) is 0 Å². The Kier molecular flexibility index (Phi) is 7.30. The average molecular weight is 274 g/mol. The summed E-state index contributed by atoms with van der Waals surface area (Å²) in [6.07, 6.45) is 0.836. The second-order valence-electron chi connectivity index (χ2n) is 5.15. The molecule has 0 aromatic heterocycles. The van der Waals surface area contributed by atoms with Gasteiger partial charge in [0.25, 0.3) is 0 Å². The van der Waals surface area contributed by atoms with Crippen molar-refractivity contribution >= 4 is 5.91 Å². The third kappa shape index (κ3) is 5.06. The fourth-order valence-corrected chi connectivity index (χ4v) is 2.40. The van der Waals surface area contributed by atoms with Crippen LogP contribution in [-0.4, -0.2) is 87.6 Å². The van der Waals surface area contributed by atoms with Crippen molar-refractivity contribution in [2.24, 2.45) is 5.92 Å². The largest absolute Gasteiger partial charge is 0.396 e. The Morgan fingerprint density at radius 2 is 2.16 bits per heavy atom. The third-order valence-electron chi connectivity index (χ3n) is 3.63. The molecule has 0 aromatic carbocycles. The van der Waals surface area contributed by atoms with E-state index in [1.54, 1.807) is 7.11 Å². The van der Waals surface area contributed by atoms with Crippen LogP contribution in [0.1, 0.15) is 6.42 Å². The van der Waals surface area contributed by atoms with E-state index in [2.05, 4.69) is 4.90 Å². The molecular weight excluding hydrogens is 248 g/mol. The van der Waals surface area contributed by atoms with Gasteiger partial charge in [-0.2, -0.15) is 0 Å². The van der Waals surface area contributed by atoms with E-state index in [0.29, 0.717) is 26.3 Å². The molecule has 1 fully saturated rings. The first-order valence-corrected chi connectivity index (χ1v) is 6.71.